The molecule has 0 atom stereocenters. The van der Waals surface area contributed by atoms with E-state index in [0.717, 1.165) is 5.56 Å². The molecule has 4 heteroatoms. The lowest BCUT2D eigenvalue weighted by molar-refractivity contribution is 0.104. The zero-order valence-electron chi connectivity index (χ0n) is 11.2. The van der Waals surface area contributed by atoms with Crippen LogP contribution < -0.4 is 0 Å². The van der Waals surface area contributed by atoms with Gasteiger partial charge in [0.25, 0.3) is 0 Å². The molecule has 0 aliphatic heterocycles. The number of halogens is 2. The van der Waals surface area contributed by atoms with Crippen molar-refractivity contribution < 1.29 is 9.90 Å². The molecule has 0 amide bonds. The van der Waals surface area contributed by atoms with Crippen molar-refractivity contribution in [1.29, 1.82) is 0 Å². The summed E-state index contributed by atoms with van der Waals surface area (Å²) in [6, 6.07) is 12.0. The Morgan fingerprint density at radius 3 is 2.52 bits per heavy atom. The molecule has 0 aliphatic carbocycles. The van der Waals surface area contributed by atoms with Crippen LogP contribution in [0.1, 0.15) is 21.5 Å². The fourth-order valence-corrected chi connectivity index (χ4v) is 2.21. The molecule has 0 aromatic heterocycles. The number of hydrogen-bond donors (Lipinski definition) is 1. The predicted octanol–water partition coefficient (Wildman–Crippen LogP) is 4.72. The molecule has 0 saturated heterocycles. The zero-order chi connectivity index (χ0) is 15.2. The highest BCUT2D eigenvalue weighted by Gasteiger charge is 2.07. The summed E-state index contributed by atoms with van der Waals surface area (Å²) >= 11 is 11.5. The minimum Gasteiger partial charge on any atom is -0.508 e. The number of allylic oxidation sites excluding steroid dienone is 1. The molecule has 2 nitrogen and oxygen atoms in total. The number of benzene rings is 2. The van der Waals surface area contributed by atoms with E-state index in [1.54, 1.807) is 30.3 Å². The summed E-state index contributed by atoms with van der Waals surface area (Å²) in [7, 11) is 0. The van der Waals surface area contributed by atoms with Gasteiger partial charge in [0.05, 0.1) is 0 Å². The molecule has 2 aromatic rings. The Morgan fingerprint density at radius 2 is 1.86 bits per heavy atom. The van der Waals surface area contributed by atoms with Crippen molar-refractivity contribution >= 4 is 35.1 Å². The molecule has 0 heterocycles. The Hall–Kier alpha value is -1.77. The average Bonchev–Trinajstić information content (AvgIpc) is 2.49. The number of alkyl halides is 1. The van der Waals surface area contributed by atoms with Gasteiger partial charge in [0.1, 0.15) is 5.75 Å². The van der Waals surface area contributed by atoms with Crippen LogP contribution in [0.2, 0.25) is 5.02 Å². The van der Waals surface area contributed by atoms with Crippen molar-refractivity contribution in [3.05, 3.63) is 70.3 Å². The van der Waals surface area contributed by atoms with E-state index in [1.807, 2.05) is 12.1 Å². The zero-order valence-corrected chi connectivity index (χ0v) is 12.7. The molecule has 2 aromatic carbocycles. The van der Waals surface area contributed by atoms with E-state index < -0.39 is 0 Å². The first kappa shape index (κ1) is 15.6. The number of hydrogen-bond acceptors (Lipinski definition) is 2. The molecule has 1 N–H and O–H groups in total. The summed E-state index contributed by atoms with van der Waals surface area (Å²) < 4.78 is 0. The number of aromatic hydroxyl groups is 1. The molecule has 2 rings (SSSR count). The molecule has 0 saturated carbocycles. The second kappa shape index (κ2) is 7.30. The number of phenolic OH excluding ortho intramolecular Hbond substituents is 1. The summed E-state index contributed by atoms with van der Waals surface area (Å²) in [6.45, 7) is 0. The maximum atomic E-state index is 12.1. The summed E-state index contributed by atoms with van der Waals surface area (Å²) in [5.41, 5.74) is 2.10. The van der Waals surface area contributed by atoms with Gasteiger partial charge in [-0.05, 0) is 54.0 Å². The number of carbonyl (C=O) groups excluding carboxylic acids is 1. The number of rotatable bonds is 5. The molecule has 108 valence electrons. The molecule has 0 spiro atoms. The van der Waals surface area contributed by atoms with Gasteiger partial charge in [-0.25, -0.2) is 0 Å². The third-order valence-corrected chi connectivity index (χ3v) is 3.47. The summed E-state index contributed by atoms with van der Waals surface area (Å²) in [5, 5.41) is 10.3. The maximum absolute atomic E-state index is 12.1. The van der Waals surface area contributed by atoms with Gasteiger partial charge in [0.15, 0.2) is 5.78 Å². The third-order valence-electron chi connectivity index (χ3n) is 3.03. The van der Waals surface area contributed by atoms with Crippen molar-refractivity contribution in [2.45, 2.75) is 6.42 Å². The van der Waals surface area contributed by atoms with E-state index in [4.69, 9.17) is 23.2 Å². The van der Waals surface area contributed by atoms with Gasteiger partial charge in [-0.1, -0.05) is 29.8 Å². The first-order chi connectivity index (χ1) is 10.1. The maximum Gasteiger partial charge on any atom is 0.185 e. The largest absolute Gasteiger partial charge is 0.508 e. The monoisotopic (exact) mass is 320 g/mol. The molecule has 0 fully saturated rings. The van der Waals surface area contributed by atoms with Crippen molar-refractivity contribution in [1.82, 2.24) is 0 Å². The Labute approximate surface area is 133 Å². The Kier molecular flexibility index (Phi) is 5.43. The first-order valence-corrected chi connectivity index (χ1v) is 7.37. The summed E-state index contributed by atoms with van der Waals surface area (Å²) in [6.07, 6.45) is 3.75. The number of carbonyl (C=O) groups is 1. The molecule has 21 heavy (non-hydrogen) atoms. The van der Waals surface area contributed by atoms with Crippen LogP contribution in [-0.4, -0.2) is 16.8 Å². The number of aryl methyl sites for hydroxylation is 1. The average molecular weight is 321 g/mol. The van der Waals surface area contributed by atoms with Crippen LogP contribution in [0, 0.1) is 0 Å². The first-order valence-electron chi connectivity index (χ1n) is 6.46. The SMILES string of the molecule is O=C(/C=C/c1ccc(Cl)cc1)c1ccc(O)c(CCCl)c1. The van der Waals surface area contributed by atoms with E-state index >= 15 is 0 Å². The quantitative estimate of drug-likeness (QED) is 0.491. The van der Waals surface area contributed by atoms with Crippen LogP contribution >= 0.6 is 23.2 Å². The van der Waals surface area contributed by atoms with Gasteiger partial charge in [-0.3, -0.25) is 4.79 Å². The lowest BCUT2D eigenvalue weighted by Crippen LogP contribution is -1.97. The minimum absolute atomic E-state index is 0.124. The Morgan fingerprint density at radius 1 is 1.14 bits per heavy atom. The summed E-state index contributed by atoms with van der Waals surface area (Å²) in [4.78, 5) is 12.1. The third kappa shape index (κ3) is 4.35. The summed E-state index contributed by atoms with van der Waals surface area (Å²) in [5.74, 6) is 0.431. The van der Waals surface area contributed by atoms with Gasteiger partial charge in [0, 0.05) is 16.5 Å². The fraction of sp³-hybridized carbons (Fsp3) is 0.118. The van der Waals surface area contributed by atoms with E-state index in [9.17, 15) is 9.90 Å². The molecular weight excluding hydrogens is 307 g/mol. The normalized spacial score (nSPS) is 11.0. The smallest absolute Gasteiger partial charge is 0.185 e. The van der Waals surface area contributed by atoms with Crippen LogP contribution in [0.4, 0.5) is 0 Å². The molecule has 0 unspecified atom stereocenters. The van der Waals surface area contributed by atoms with Gasteiger partial charge >= 0.3 is 0 Å². The van der Waals surface area contributed by atoms with Crippen LogP contribution in [-0.2, 0) is 6.42 Å². The van der Waals surface area contributed by atoms with E-state index in [2.05, 4.69) is 0 Å². The van der Waals surface area contributed by atoms with Crippen molar-refractivity contribution in [3.63, 3.8) is 0 Å². The Bertz CT molecular complexity index is 661. The Balaban J connectivity index is 2.16. The van der Waals surface area contributed by atoms with Gasteiger partial charge in [-0.15, -0.1) is 11.6 Å². The lowest BCUT2D eigenvalue weighted by atomic mass is 10.0. The highest BCUT2D eigenvalue weighted by atomic mass is 35.5. The van der Waals surface area contributed by atoms with Crippen LogP contribution in [0.3, 0.4) is 0 Å². The minimum atomic E-state index is -0.124. The van der Waals surface area contributed by atoms with Crippen molar-refractivity contribution in [3.8, 4) is 5.75 Å². The standard InChI is InChI=1S/C17H14Cl2O2/c18-10-9-14-11-13(4-8-17(14)21)16(20)7-3-12-1-5-15(19)6-2-12/h1-8,11,21H,9-10H2/b7-3+. The molecule has 0 bridgehead atoms. The van der Waals surface area contributed by atoms with Crippen LogP contribution in [0.25, 0.3) is 6.08 Å². The van der Waals surface area contributed by atoms with Gasteiger partial charge < -0.3 is 5.11 Å². The molecular formula is C17H14Cl2O2. The van der Waals surface area contributed by atoms with E-state index in [1.165, 1.54) is 12.1 Å². The van der Waals surface area contributed by atoms with Crippen molar-refractivity contribution in [2.24, 2.45) is 0 Å². The van der Waals surface area contributed by atoms with E-state index in [0.29, 0.717) is 28.5 Å². The second-order valence-electron chi connectivity index (χ2n) is 4.53. The highest BCUT2D eigenvalue weighted by Crippen LogP contribution is 2.20. The molecule has 0 aliphatic rings. The highest BCUT2D eigenvalue weighted by molar-refractivity contribution is 6.30. The molecule has 0 radical (unpaired) electrons. The van der Waals surface area contributed by atoms with Crippen LogP contribution in [0.5, 0.6) is 5.75 Å². The van der Waals surface area contributed by atoms with E-state index in [-0.39, 0.29) is 11.5 Å². The van der Waals surface area contributed by atoms with Gasteiger partial charge in [0.2, 0.25) is 0 Å². The topological polar surface area (TPSA) is 37.3 Å². The lowest BCUT2D eigenvalue weighted by Gasteiger charge is -2.04. The van der Waals surface area contributed by atoms with Gasteiger partial charge in [-0.2, -0.15) is 0 Å². The number of phenols is 1. The predicted molar refractivity (Wildman–Crippen MR) is 87.3 cm³/mol. The number of ketones is 1. The van der Waals surface area contributed by atoms with Crippen molar-refractivity contribution in [2.75, 3.05) is 5.88 Å². The fourth-order valence-electron chi connectivity index (χ4n) is 1.88. The second-order valence-corrected chi connectivity index (χ2v) is 5.35. The van der Waals surface area contributed by atoms with Crippen LogP contribution in [0.15, 0.2) is 48.5 Å².